The van der Waals surface area contributed by atoms with E-state index in [0.29, 0.717) is 5.95 Å². The molecule has 0 amide bonds. The maximum atomic E-state index is 5.99. The molecule has 1 aromatic heterocycles. The van der Waals surface area contributed by atoms with Gasteiger partial charge in [-0.2, -0.15) is 0 Å². The fraction of sp³-hybridized carbons (Fsp3) is 0.200. The molecule has 1 atom stereocenters. The van der Waals surface area contributed by atoms with Gasteiger partial charge in [0.2, 0.25) is 5.95 Å². The van der Waals surface area contributed by atoms with E-state index in [9.17, 15) is 0 Å². The van der Waals surface area contributed by atoms with Crippen LogP contribution in [0.2, 0.25) is 0 Å². The molecule has 0 saturated carbocycles. The lowest BCUT2D eigenvalue weighted by atomic mass is 10.0. The Morgan fingerprint density at radius 2 is 1.75 bits per heavy atom. The van der Waals surface area contributed by atoms with E-state index in [1.807, 2.05) is 30.3 Å². The molecule has 3 aromatic rings. The highest BCUT2D eigenvalue weighted by molar-refractivity contribution is 5.61. The van der Waals surface area contributed by atoms with Crippen molar-refractivity contribution in [2.75, 3.05) is 11.1 Å². The summed E-state index contributed by atoms with van der Waals surface area (Å²) in [5, 5.41) is 3.64. The van der Waals surface area contributed by atoms with E-state index < -0.39 is 0 Å². The number of nitrogens with one attached hydrogen (secondary N) is 1. The molecule has 0 bridgehead atoms. The Hall–Kier alpha value is -2.88. The molecule has 4 nitrogen and oxygen atoms in total. The first-order valence-corrected chi connectivity index (χ1v) is 8.34. The molecule has 2 heterocycles. The lowest BCUT2D eigenvalue weighted by Gasteiger charge is -2.18. The number of hydrogen-bond acceptors (Lipinski definition) is 4. The predicted octanol–water partition coefficient (Wildman–Crippen LogP) is 4.22. The molecule has 2 aromatic carbocycles. The molecule has 4 heteroatoms. The largest absolute Gasteiger partial charge is 0.376 e. The predicted molar refractivity (Wildman–Crippen MR) is 97.6 cm³/mol. The van der Waals surface area contributed by atoms with Crippen molar-refractivity contribution < 1.29 is 0 Å². The fourth-order valence-electron chi connectivity index (χ4n) is 3.28. The van der Waals surface area contributed by atoms with Gasteiger partial charge < -0.3 is 11.1 Å². The molecule has 0 fully saturated rings. The zero-order valence-corrected chi connectivity index (χ0v) is 13.4. The van der Waals surface area contributed by atoms with Crippen molar-refractivity contribution >= 4 is 11.6 Å². The Morgan fingerprint density at radius 1 is 0.958 bits per heavy atom. The standard InChI is InChI=1S/C20H20N4/c21-20-23-18(15-7-2-1-3-8-15)13-19(24-20)17-12-6-10-14-9-4-5-11-16(14)22-17/h1-5,7-9,11,13,17,22H,6,10,12H2,(H2,21,23,24). The number of nitrogen functional groups attached to an aromatic ring is 1. The minimum absolute atomic E-state index is 0.154. The Bertz CT molecular complexity index is 845. The van der Waals surface area contributed by atoms with Crippen LogP contribution in [0, 0.1) is 0 Å². The van der Waals surface area contributed by atoms with Gasteiger partial charge in [0.15, 0.2) is 0 Å². The van der Waals surface area contributed by atoms with Crippen molar-refractivity contribution in [1.29, 1.82) is 0 Å². The van der Waals surface area contributed by atoms with Crippen LogP contribution in [-0.2, 0) is 6.42 Å². The van der Waals surface area contributed by atoms with Crippen LogP contribution in [0.5, 0.6) is 0 Å². The summed E-state index contributed by atoms with van der Waals surface area (Å²) in [7, 11) is 0. The van der Waals surface area contributed by atoms with E-state index in [1.54, 1.807) is 0 Å². The highest BCUT2D eigenvalue weighted by Crippen LogP contribution is 2.32. The average Bonchev–Trinajstić information content (AvgIpc) is 2.84. The van der Waals surface area contributed by atoms with Crippen LogP contribution in [-0.4, -0.2) is 9.97 Å². The van der Waals surface area contributed by atoms with Crippen LogP contribution in [0.25, 0.3) is 11.3 Å². The summed E-state index contributed by atoms with van der Waals surface area (Å²) < 4.78 is 0. The zero-order chi connectivity index (χ0) is 16.4. The lowest BCUT2D eigenvalue weighted by molar-refractivity contribution is 0.647. The van der Waals surface area contributed by atoms with E-state index in [2.05, 4.69) is 45.6 Å². The lowest BCUT2D eigenvalue weighted by Crippen LogP contribution is -2.13. The number of anilines is 2. The first kappa shape index (κ1) is 14.7. The van der Waals surface area contributed by atoms with E-state index in [-0.39, 0.29) is 6.04 Å². The topological polar surface area (TPSA) is 63.8 Å². The van der Waals surface area contributed by atoms with Crippen LogP contribution < -0.4 is 11.1 Å². The van der Waals surface area contributed by atoms with Crippen LogP contribution >= 0.6 is 0 Å². The quantitative estimate of drug-likeness (QED) is 0.743. The summed E-state index contributed by atoms with van der Waals surface area (Å²) in [5.74, 6) is 0.325. The van der Waals surface area contributed by atoms with Gasteiger partial charge >= 0.3 is 0 Å². The van der Waals surface area contributed by atoms with Gasteiger partial charge in [-0.1, -0.05) is 48.5 Å². The minimum Gasteiger partial charge on any atom is -0.376 e. The normalized spacial score (nSPS) is 16.8. The van der Waals surface area contributed by atoms with Crippen molar-refractivity contribution in [3.63, 3.8) is 0 Å². The third kappa shape index (κ3) is 2.95. The molecule has 0 spiro atoms. The van der Waals surface area contributed by atoms with Crippen molar-refractivity contribution in [2.45, 2.75) is 25.3 Å². The maximum Gasteiger partial charge on any atom is 0.220 e. The summed E-state index contributed by atoms with van der Waals surface area (Å²) >= 11 is 0. The second kappa shape index (κ2) is 6.32. The summed E-state index contributed by atoms with van der Waals surface area (Å²) in [4.78, 5) is 8.91. The summed E-state index contributed by atoms with van der Waals surface area (Å²) in [5.41, 5.74) is 11.4. The fourth-order valence-corrected chi connectivity index (χ4v) is 3.28. The molecule has 24 heavy (non-hydrogen) atoms. The van der Waals surface area contributed by atoms with Gasteiger partial charge in [-0.05, 0) is 37.0 Å². The van der Waals surface area contributed by atoms with Gasteiger partial charge in [0, 0.05) is 11.3 Å². The van der Waals surface area contributed by atoms with Crippen molar-refractivity contribution in [3.05, 3.63) is 71.9 Å². The Labute approximate surface area is 141 Å². The van der Waals surface area contributed by atoms with E-state index >= 15 is 0 Å². The molecular weight excluding hydrogens is 296 g/mol. The molecule has 4 rings (SSSR count). The summed E-state index contributed by atoms with van der Waals surface area (Å²) in [6.07, 6.45) is 3.24. The van der Waals surface area contributed by atoms with Crippen molar-refractivity contribution in [1.82, 2.24) is 9.97 Å². The molecule has 1 aliphatic rings. The van der Waals surface area contributed by atoms with Gasteiger partial charge in [0.25, 0.3) is 0 Å². The Morgan fingerprint density at radius 3 is 2.62 bits per heavy atom. The SMILES string of the molecule is Nc1nc(-c2ccccc2)cc(C2CCCc3ccccc3N2)n1. The van der Waals surface area contributed by atoms with Crippen LogP contribution in [0.3, 0.4) is 0 Å². The molecule has 1 aliphatic heterocycles. The van der Waals surface area contributed by atoms with Crippen LogP contribution in [0.1, 0.15) is 30.1 Å². The number of hydrogen-bond donors (Lipinski definition) is 2. The van der Waals surface area contributed by atoms with Gasteiger partial charge in [0.1, 0.15) is 0 Å². The van der Waals surface area contributed by atoms with Gasteiger partial charge in [-0.25, -0.2) is 9.97 Å². The zero-order valence-electron chi connectivity index (χ0n) is 13.4. The molecule has 3 N–H and O–H groups in total. The second-order valence-electron chi connectivity index (χ2n) is 6.15. The number of nitrogens with two attached hydrogens (primary N) is 1. The number of fused-ring (bicyclic) bond motifs is 1. The second-order valence-corrected chi connectivity index (χ2v) is 6.15. The van der Waals surface area contributed by atoms with E-state index in [1.165, 1.54) is 11.3 Å². The van der Waals surface area contributed by atoms with Gasteiger partial charge in [-0.15, -0.1) is 0 Å². The maximum absolute atomic E-state index is 5.99. The molecule has 0 saturated heterocycles. The first-order chi connectivity index (χ1) is 11.8. The summed E-state index contributed by atoms with van der Waals surface area (Å²) in [6.45, 7) is 0. The number of para-hydroxylation sites is 1. The molecule has 120 valence electrons. The third-order valence-corrected chi connectivity index (χ3v) is 4.48. The number of aromatic nitrogens is 2. The minimum atomic E-state index is 0.154. The molecule has 0 radical (unpaired) electrons. The number of rotatable bonds is 2. The Balaban J connectivity index is 1.70. The smallest absolute Gasteiger partial charge is 0.220 e. The van der Waals surface area contributed by atoms with E-state index in [4.69, 9.17) is 5.73 Å². The monoisotopic (exact) mass is 316 g/mol. The van der Waals surface area contributed by atoms with E-state index in [0.717, 1.165) is 36.2 Å². The molecular formula is C20H20N4. The Kier molecular flexibility index (Phi) is 3.87. The van der Waals surface area contributed by atoms with Gasteiger partial charge in [0.05, 0.1) is 17.4 Å². The van der Waals surface area contributed by atoms with Crippen molar-refractivity contribution in [2.24, 2.45) is 0 Å². The summed E-state index contributed by atoms with van der Waals surface area (Å²) in [6, 6.07) is 20.8. The average molecular weight is 316 g/mol. The number of aryl methyl sites for hydroxylation is 1. The first-order valence-electron chi connectivity index (χ1n) is 8.34. The molecule has 0 aliphatic carbocycles. The number of benzene rings is 2. The number of nitrogens with zero attached hydrogens (tertiary/aromatic N) is 2. The van der Waals surface area contributed by atoms with Crippen molar-refractivity contribution in [3.8, 4) is 11.3 Å². The highest BCUT2D eigenvalue weighted by atomic mass is 15.0. The van der Waals surface area contributed by atoms with Gasteiger partial charge in [-0.3, -0.25) is 0 Å². The van der Waals surface area contributed by atoms with Crippen LogP contribution in [0.15, 0.2) is 60.7 Å². The molecule has 1 unspecified atom stereocenters. The highest BCUT2D eigenvalue weighted by Gasteiger charge is 2.19. The third-order valence-electron chi connectivity index (χ3n) is 4.48. The van der Waals surface area contributed by atoms with Crippen LogP contribution in [0.4, 0.5) is 11.6 Å².